The Balaban J connectivity index is 2.76. The summed E-state index contributed by atoms with van der Waals surface area (Å²) in [6.45, 7) is 0. The third-order valence-electron chi connectivity index (χ3n) is 2.24. The Kier molecular flexibility index (Phi) is 2.83. The first kappa shape index (κ1) is 12.3. The molecule has 0 aliphatic carbocycles. The van der Waals surface area contributed by atoms with E-state index in [1.54, 1.807) is 0 Å². The second-order valence-corrected chi connectivity index (χ2v) is 4.10. The number of alkyl halides is 3. The molecule has 1 heterocycles. The first-order valence-corrected chi connectivity index (χ1v) is 5.17. The van der Waals surface area contributed by atoms with Crippen molar-refractivity contribution in [3.05, 3.63) is 33.9 Å². The molecule has 7 heteroatoms. The van der Waals surface area contributed by atoms with E-state index in [-0.39, 0.29) is 21.4 Å². The molecule has 17 heavy (non-hydrogen) atoms. The van der Waals surface area contributed by atoms with Crippen LogP contribution >= 0.6 is 23.2 Å². The van der Waals surface area contributed by atoms with Crippen LogP contribution in [0.15, 0.2) is 18.2 Å². The lowest BCUT2D eigenvalue weighted by Crippen LogP contribution is -2.05. The van der Waals surface area contributed by atoms with E-state index < -0.39 is 11.7 Å². The highest BCUT2D eigenvalue weighted by molar-refractivity contribution is 6.41. The molecule has 0 bridgehead atoms. The van der Waals surface area contributed by atoms with Crippen LogP contribution in [0.25, 0.3) is 10.9 Å². The van der Waals surface area contributed by atoms with Gasteiger partial charge in [-0.2, -0.15) is 13.2 Å². The second-order valence-electron chi connectivity index (χ2n) is 3.36. The monoisotopic (exact) mass is 280 g/mol. The van der Waals surface area contributed by atoms with Crippen molar-refractivity contribution in [2.75, 3.05) is 5.73 Å². The number of fused-ring (bicyclic) bond motifs is 1. The summed E-state index contributed by atoms with van der Waals surface area (Å²) in [7, 11) is 0. The molecule has 0 saturated heterocycles. The Morgan fingerprint density at radius 1 is 1.18 bits per heavy atom. The maximum Gasteiger partial charge on any atom is 0.416 e. The van der Waals surface area contributed by atoms with Crippen LogP contribution in [0.4, 0.5) is 18.9 Å². The molecule has 1 aromatic heterocycles. The van der Waals surface area contributed by atoms with Crippen molar-refractivity contribution in [3.8, 4) is 0 Å². The van der Waals surface area contributed by atoms with E-state index >= 15 is 0 Å². The van der Waals surface area contributed by atoms with Gasteiger partial charge in [0.25, 0.3) is 0 Å². The summed E-state index contributed by atoms with van der Waals surface area (Å²) in [6.07, 6.45) is -4.43. The maximum absolute atomic E-state index is 12.5. The molecule has 0 aliphatic heterocycles. The molecule has 2 nitrogen and oxygen atoms in total. The summed E-state index contributed by atoms with van der Waals surface area (Å²) >= 11 is 11.5. The number of nitrogens with two attached hydrogens (primary N) is 1. The van der Waals surface area contributed by atoms with Gasteiger partial charge in [0.1, 0.15) is 0 Å². The van der Waals surface area contributed by atoms with Gasteiger partial charge in [-0.25, -0.2) is 4.98 Å². The molecule has 0 amide bonds. The fourth-order valence-corrected chi connectivity index (χ4v) is 1.87. The van der Waals surface area contributed by atoms with Crippen molar-refractivity contribution in [2.24, 2.45) is 0 Å². The molecule has 0 atom stereocenters. The molecular weight excluding hydrogens is 276 g/mol. The molecular formula is C10H5Cl2F3N2. The van der Waals surface area contributed by atoms with Crippen molar-refractivity contribution in [1.82, 2.24) is 4.98 Å². The third-order valence-corrected chi connectivity index (χ3v) is 2.93. The molecule has 0 fully saturated rings. The van der Waals surface area contributed by atoms with Crippen molar-refractivity contribution < 1.29 is 13.2 Å². The number of halogens is 5. The van der Waals surface area contributed by atoms with Crippen LogP contribution in [0.1, 0.15) is 5.56 Å². The van der Waals surface area contributed by atoms with Crippen LogP contribution in [0.5, 0.6) is 0 Å². The Hall–Kier alpha value is -1.20. The Morgan fingerprint density at radius 2 is 1.82 bits per heavy atom. The minimum absolute atomic E-state index is 0.0561. The number of rotatable bonds is 0. The number of pyridine rings is 1. The summed E-state index contributed by atoms with van der Waals surface area (Å²) in [4.78, 5) is 3.77. The van der Waals surface area contributed by atoms with E-state index in [0.717, 1.165) is 12.1 Å². The standard InChI is InChI=1S/C10H5Cl2F3N2/c11-7-5-2-1-4(10(13,14)15)3-6(5)17-9(12)8(7)16/h1-3H,16H2. The van der Waals surface area contributed by atoms with Crippen LogP contribution in [0, 0.1) is 0 Å². The van der Waals surface area contributed by atoms with Crippen molar-refractivity contribution in [1.29, 1.82) is 0 Å². The zero-order chi connectivity index (χ0) is 12.8. The van der Waals surface area contributed by atoms with Crippen LogP contribution in [-0.4, -0.2) is 4.98 Å². The Bertz CT molecular complexity index is 596. The van der Waals surface area contributed by atoms with Gasteiger partial charge >= 0.3 is 6.18 Å². The molecule has 0 radical (unpaired) electrons. The molecule has 0 saturated carbocycles. The maximum atomic E-state index is 12.5. The molecule has 0 spiro atoms. The average molecular weight is 281 g/mol. The van der Waals surface area contributed by atoms with E-state index in [4.69, 9.17) is 28.9 Å². The molecule has 1 aromatic carbocycles. The normalized spacial score (nSPS) is 12.1. The highest BCUT2D eigenvalue weighted by Crippen LogP contribution is 2.36. The van der Waals surface area contributed by atoms with E-state index in [2.05, 4.69) is 4.98 Å². The second kappa shape index (κ2) is 3.92. The van der Waals surface area contributed by atoms with E-state index in [1.807, 2.05) is 0 Å². The minimum atomic E-state index is -4.43. The first-order chi connectivity index (χ1) is 7.80. The number of nitrogens with zero attached hydrogens (tertiary/aromatic N) is 1. The van der Waals surface area contributed by atoms with Gasteiger partial charge in [-0.3, -0.25) is 0 Å². The zero-order valence-corrected chi connectivity index (χ0v) is 9.66. The lowest BCUT2D eigenvalue weighted by atomic mass is 10.1. The Morgan fingerprint density at radius 3 is 2.41 bits per heavy atom. The highest BCUT2D eigenvalue weighted by Gasteiger charge is 2.30. The number of benzene rings is 1. The third kappa shape index (κ3) is 2.12. The summed E-state index contributed by atoms with van der Waals surface area (Å²) in [5.74, 6) is 0. The fourth-order valence-electron chi connectivity index (χ4n) is 1.39. The van der Waals surface area contributed by atoms with Gasteiger partial charge in [0.05, 0.1) is 21.8 Å². The molecule has 2 aromatic rings. The largest absolute Gasteiger partial charge is 0.416 e. The van der Waals surface area contributed by atoms with Crippen LogP contribution < -0.4 is 5.73 Å². The van der Waals surface area contributed by atoms with Gasteiger partial charge in [-0.1, -0.05) is 29.3 Å². The quantitative estimate of drug-likeness (QED) is 0.737. The topological polar surface area (TPSA) is 38.9 Å². The smallest absolute Gasteiger partial charge is 0.395 e. The molecule has 0 aliphatic rings. The number of hydrogen-bond acceptors (Lipinski definition) is 2. The number of aromatic nitrogens is 1. The predicted molar refractivity (Wildman–Crippen MR) is 61.2 cm³/mol. The summed E-state index contributed by atoms with van der Waals surface area (Å²) in [5, 5.41) is 0.331. The summed E-state index contributed by atoms with van der Waals surface area (Å²) in [6, 6.07) is 3.02. The molecule has 2 rings (SSSR count). The van der Waals surface area contributed by atoms with E-state index in [1.165, 1.54) is 6.07 Å². The highest BCUT2D eigenvalue weighted by atomic mass is 35.5. The Labute approximate surface area is 104 Å². The van der Waals surface area contributed by atoms with E-state index in [9.17, 15) is 13.2 Å². The van der Waals surface area contributed by atoms with Crippen LogP contribution in [0.2, 0.25) is 10.2 Å². The van der Waals surface area contributed by atoms with Gasteiger partial charge < -0.3 is 5.73 Å². The fraction of sp³-hybridized carbons (Fsp3) is 0.100. The SMILES string of the molecule is Nc1c(Cl)nc2cc(C(F)(F)F)ccc2c1Cl. The predicted octanol–water partition coefficient (Wildman–Crippen LogP) is 4.14. The zero-order valence-electron chi connectivity index (χ0n) is 8.15. The molecule has 0 unspecified atom stereocenters. The number of hydrogen-bond donors (Lipinski definition) is 1. The minimum Gasteiger partial charge on any atom is -0.395 e. The van der Waals surface area contributed by atoms with Crippen molar-refractivity contribution >= 4 is 39.8 Å². The average Bonchev–Trinajstić information content (AvgIpc) is 2.24. The van der Waals surface area contributed by atoms with Crippen LogP contribution in [0.3, 0.4) is 0 Å². The molecule has 2 N–H and O–H groups in total. The van der Waals surface area contributed by atoms with E-state index in [0.29, 0.717) is 5.39 Å². The molecule has 90 valence electrons. The lowest BCUT2D eigenvalue weighted by Gasteiger charge is -2.09. The lowest BCUT2D eigenvalue weighted by molar-refractivity contribution is -0.137. The first-order valence-electron chi connectivity index (χ1n) is 4.42. The van der Waals surface area contributed by atoms with Gasteiger partial charge in [0.15, 0.2) is 5.15 Å². The van der Waals surface area contributed by atoms with Gasteiger partial charge in [-0.15, -0.1) is 0 Å². The van der Waals surface area contributed by atoms with Crippen LogP contribution in [-0.2, 0) is 6.18 Å². The van der Waals surface area contributed by atoms with Crippen molar-refractivity contribution in [3.63, 3.8) is 0 Å². The van der Waals surface area contributed by atoms with Gasteiger partial charge in [0, 0.05) is 5.39 Å². The van der Waals surface area contributed by atoms with Gasteiger partial charge in [0.2, 0.25) is 0 Å². The number of anilines is 1. The summed E-state index contributed by atoms with van der Waals surface area (Å²) in [5.41, 5.74) is 4.83. The van der Waals surface area contributed by atoms with Crippen molar-refractivity contribution in [2.45, 2.75) is 6.18 Å². The number of nitrogen functional groups attached to an aromatic ring is 1. The van der Waals surface area contributed by atoms with Gasteiger partial charge in [-0.05, 0) is 12.1 Å². The summed E-state index contributed by atoms with van der Waals surface area (Å²) < 4.78 is 37.4.